The Morgan fingerprint density at radius 2 is 2.00 bits per heavy atom. The van der Waals surface area contributed by atoms with Gasteiger partial charge in [0.25, 0.3) is 11.6 Å². The average molecular weight is 371 g/mol. The van der Waals surface area contributed by atoms with Gasteiger partial charge >= 0.3 is 5.97 Å². The van der Waals surface area contributed by atoms with E-state index in [0.717, 1.165) is 18.2 Å². The van der Waals surface area contributed by atoms with Gasteiger partial charge in [-0.2, -0.15) is 0 Å². The third kappa shape index (κ3) is 4.12. The number of carboxylic acid groups (broad SMARTS) is 1. The molecule has 1 fully saturated rings. The number of carbonyl (C=O) groups excluding carboxylic acids is 1. The molecule has 1 aliphatic heterocycles. The Morgan fingerprint density at radius 3 is 2.56 bits per heavy atom. The zero-order chi connectivity index (χ0) is 18.8. The largest absolute Gasteiger partial charge is 0.478 e. The van der Waals surface area contributed by atoms with E-state index in [-0.39, 0.29) is 37.2 Å². The van der Waals surface area contributed by atoms with E-state index in [1.807, 2.05) is 0 Å². The van der Waals surface area contributed by atoms with Crippen LogP contribution in [0.4, 0.5) is 5.69 Å². The molecule has 1 heterocycles. The molecule has 10 nitrogen and oxygen atoms in total. The zero-order valence-corrected chi connectivity index (χ0v) is 14.2. The molecule has 2 rings (SSSR count). The van der Waals surface area contributed by atoms with Crippen molar-refractivity contribution in [3.05, 3.63) is 39.4 Å². The second-order valence-corrected chi connectivity index (χ2v) is 7.58. The van der Waals surface area contributed by atoms with Gasteiger partial charge in [-0.15, -0.1) is 0 Å². The van der Waals surface area contributed by atoms with E-state index < -0.39 is 37.8 Å². The van der Waals surface area contributed by atoms with Crippen LogP contribution in [0.5, 0.6) is 0 Å². The molecular weight excluding hydrogens is 354 g/mol. The van der Waals surface area contributed by atoms with Gasteiger partial charge in [0.2, 0.25) is 10.0 Å². The molecule has 0 aromatic heterocycles. The maximum Gasteiger partial charge on any atom is 0.335 e. The predicted molar refractivity (Wildman–Crippen MR) is 87.0 cm³/mol. The third-order valence-electron chi connectivity index (χ3n) is 3.84. The van der Waals surface area contributed by atoms with Crippen LogP contribution in [0.3, 0.4) is 0 Å². The van der Waals surface area contributed by atoms with Gasteiger partial charge in [-0.3, -0.25) is 14.9 Å². The van der Waals surface area contributed by atoms with Crippen LogP contribution in [-0.4, -0.2) is 60.1 Å². The summed E-state index contributed by atoms with van der Waals surface area (Å²) >= 11 is 0. The molecule has 1 aromatic carbocycles. The number of non-ortho nitro benzene ring substituents is 1. The fraction of sp³-hybridized carbons (Fsp3) is 0.429. The van der Waals surface area contributed by atoms with Crippen LogP contribution in [0, 0.1) is 10.1 Å². The molecule has 2 N–H and O–H groups in total. The van der Waals surface area contributed by atoms with Crippen LogP contribution in [0.15, 0.2) is 18.2 Å². The number of aromatic carboxylic acids is 1. The molecule has 0 radical (unpaired) electrons. The number of rotatable bonds is 6. The Hall–Kier alpha value is -2.53. The maximum absolute atomic E-state index is 12.5. The van der Waals surface area contributed by atoms with Crippen molar-refractivity contribution in [1.82, 2.24) is 9.62 Å². The number of nitro benzene ring substituents is 1. The van der Waals surface area contributed by atoms with E-state index in [0.29, 0.717) is 0 Å². The van der Waals surface area contributed by atoms with Crippen molar-refractivity contribution in [3.8, 4) is 0 Å². The minimum Gasteiger partial charge on any atom is -0.478 e. The van der Waals surface area contributed by atoms with Gasteiger partial charge in [0, 0.05) is 37.3 Å². The predicted octanol–water partition coefficient (Wildman–Crippen LogP) is 0.447. The van der Waals surface area contributed by atoms with E-state index in [1.165, 1.54) is 4.90 Å². The van der Waals surface area contributed by atoms with Crippen LogP contribution < -0.4 is 4.72 Å². The topological polar surface area (TPSA) is 147 Å². The van der Waals surface area contributed by atoms with Crippen LogP contribution in [-0.2, 0) is 10.0 Å². The second kappa shape index (κ2) is 7.15. The van der Waals surface area contributed by atoms with Crippen LogP contribution in [0.1, 0.15) is 34.1 Å². The summed E-state index contributed by atoms with van der Waals surface area (Å²) in [5.74, 6) is -2.04. The first-order valence-corrected chi connectivity index (χ1v) is 9.01. The molecule has 11 heteroatoms. The van der Waals surface area contributed by atoms with E-state index >= 15 is 0 Å². The highest BCUT2D eigenvalue weighted by atomic mass is 32.2. The summed E-state index contributed by atoms with van der Waals surface area (Å²) in [4.78, 5) is 35.0. The van der Waals surface area contributed by atoms with Gasteiger partial charge in [-0.05, 0) is 12.5 Å². The lowest BCUT2D eigenvalue weighted by Gasteiger charge is -2.17. The Balaban J connectivity index is 2.27. The Bertz CT molecular complexity index is 789. The van der Waals surface area contributed by atoms with Crippen molar-refractivity contribution in [2.45, 2.75) is 18.6 Å². The number of amides is 1. The number of hydrogen-bond acceptors (Lipinski definition) is 6. The number of hydrogen-bond donors (Lipinski definition) is 2. The van der Waals surface area contributed by atoms with Crippen molar-refractivity contribution >= 4 is 27.6 Å². The summed E-state index contributed by atoms with van der Waals surface area (Å²) in [5.41, 5.74) is -1.05. The Kier molecular flexibility index (Phi) is 5.38. The summed E-state index contributed by atoms with van der Waals surface area (Å²) in [6.45, 7) is 1.99. The second-order valence-electron chi connectivity index (χ2n) is 5.54. The first kappa shape index (κ1) is 18.8. The maximum atomic E-state index is 12.5. The number of likely N-dealkylation sites (tertiary alicyclic amines) is 1. The zero-order valence-electron chi connectivity index (χ0n) is 13.3. The van der Waals surface area contributed by atoms with Gasteiger partial charge in [-0.25, -0.2) is 17.9 Å². The van der Waals surface area contributed by atoms with Gasteiger partial charge < -0.3 is 10.0 Å². The number of carboxylic acids is 1. The number of nitro groups is 1. The third-order valence-corrected chi connectivity index (χ3v) is 5.79. The lowest BCUT2D eigenvalue weighted by molar-refractivity contribution is -0.384. The molecule has 25 heavy (non-hydrogen) atoms. The fourth-order valence-electron chi connectivity index (χ4n) is 2.63. The summed E-state index contributed by atoms with van der Waals surface area (Å²) in [7, 11) is -3.55. The molecule has 1 atom stereocenters. The van der Waals surface area contributed by atoms with Gasteiger partial charge in [-0.1, -0.05) is 6.92 Å². The number of nitrogens with one attached hydrogen (secondary N) is 1. The minimum atomic E-state index is -3.55. The van der Waals surface area contributed by atoms with Crippen LogP contribution in [0.25, 0.3) is 0 Å². The quantitative estimate of drug-likeness (QED) is 0.545. The minimum absolute atomic E-state index is 0.0563. The van der Waals surface area contributed by atoms with Crippen LogP contribution >= 0.6 is 0 Å². The summed E-state index contributed by atoms with van der Waals surface area (Å²) < 4.78 is 26.4. The van der Waals surface area contributed by atoms with E-state index in [2.05, 4.69) is 4.72 Å². The number of nitrogens with zero attached hydrogens (tertiary/aromatic N) is 2. The highest BCUT2D eigenvalue weighted by Crippen LogP contribution is 2.22. The van der Waals surface area contributed by atoms with E-state index in [1.54, 1.807) is 6.92 Å². The smallest absolute Gasteiger partial charge is 0.335 e. The number of sulfonamides is 1. The first-order valence-electron chi connectivity index (χ1n) is 7.46. The van der Waals surface area contributed by atoms with Crippen molar-refractivity contribution in [1.29, 1.82) is 0 Å². The molecule has 1 unspecified atom stereocenters. The molecule has 1 saturated heterocycles. The fourth-order valence-corrected chi connectivity index (χ4v) is 4.06. The van der Waals surface area contributed by atoms with Crippen molar-refractivity contribution in [2.75, 3.05) is 19.6 Å². The van der Waals surface area contributed by atoms with E-state index in [4.69, 9.17) is 5.11 Å². The Morgan fingerprint density at radius 1 is 1.36 bits per heavy atom. The SMILES string of the molecule is CCNS(=O)(=O)C1CCN(C(=O)c2cc(C(=O)O)cc([N+](=O)[O-])c2)C1. The summed E-state index contributed by atoms with van der Waals surface area (Å²) in [5, 5.41) is 19.2. The summed E-state index contributed by atoms with van der Waals surface area (Å²) in [6, 6.07) is 2.90. The number of carbonyl (C=O) groups is 2. The highest BCUT2D eigenvalue weighted by molar-refractivity contribution is 7.90. The molecule has 0 aliphatic carbocycles. The first-order chi connectivity index (χ1) is 11.7. The van der Waals surface area contributed by atoms with Crippen molar-refractivity contribution < 1.29 is 28.0 Å². The van der Waals surface area contributed by atoms with Gasteiger partial charge in [0.1, 0.15) is 0 Å². The lowest BCUT2D eigenvalue weighted by atomic mass is 10.1. The molecule has 1 aliphatic rings. The molecule has 0 saturated carbocycles. The molecule has 0 spiro atoms. The molecule has 0 bridgehead atoms. The molecular formula is C14H17N3O7S. The summed E-state index contributed by atoms with van der Waals surface area (Å²) in [6.07, 6.45) is 0.238. The average Bonchev–Trinajstić information content (AvgIpc) is 3.04. The molecule has 1 aromatic rings. The molecule has 1 amide bonds. The van der Waals surface area contributed by atoms with E-state index in [9.17, 15) is 28.1 Å². The molecule has 136 valence electrons. The number of benzene rings is 1. The Labute approximate surface area is 143 Å². The van der Waals surface area contributed by atoms with Crippen molar-refractivity contribution in [3.63, 3.8) is 0 Å². The van der Waals surface area contributed by atoms with Crippen LogP contribution in [0.2, 0.25) is 0 Å². The highest BCUT2D eigenvalue weighted by Gasteiger charge is 2.35. The van der Waals surface area contributed by atoms with Gasteiger partial charge in [0.05, 0.1) is 15.7 Å². The van der Waals surface area contributed by atoms with Gasteiger partial charge in [0.15, 0.2) is 0 Å². The monoisotopic (exact) mass is 371 g/mol. The standard InChI is InChI=1S/C14H17N3O7S/c1-2-15-25(23,24)12-3-4-16(8-12)13(18)9-5-10(14(19)20)7-11(6-9)17(21)22/h5-7,12,15H,2-4,8H2,1H3,(H,19,20). The van der Waals surface area contributed by atoms with Crippen molar-refractivity contribution in [2.24, 2.45) is 0 Å². The lowest BCUT2D eigenvalue weighted by Crippen LogP contribution is -2.37. The normalized spacial score (nSPS) is 17.5.